The summed E-state index contributed by atoms with van der Waals surface area (Å²) < 4.78 is 15.6. The molecule has 0 atom stereocenters. The molecule has 0 fully saturated rings. The van der Waals surface area contributed by atoms with Crippen LogP contribution in [-0.4, -0.2) is 19.5 Å². The van der Waals surface area contributed by atoms with E-state index in [0.29, 0.717) is 17.5 Å². The number of fused-ring (bicyclic) bond motifs is 15. The van der Waals surface area contributed by atoms with E-state index in [2.05, 4.69) is 199 Å². The molecule has 0 N–H and O–H groups in total. The molecule has 0 saturated carbocycles. The molecular weight excluding hydrogens is 917 g/mol. The Morgan fingerprint density at radius 2 is 0.720 bits per heavy atom. The predicted octanol–water partition coefficient (Wildman–Crippen LogP) is 18.6. The van der Waals surface area contributed by atoms with Crippen LogP contribution < -0.4 is 0 Å². The molecule has 0 amide bonds. The topological polar surface area (TPSA) is 69.9 Å². The molecule has 348 valence electrons. The van der Waals surface area contributed by atoms with Gasteiger partial charge in [0.2, 0.25) is 0 Å². The molecular formula is C69H40N4O2. The van der Waals surface area contributed by atoms with E-state index in [1.54, 1.807) is 0 Å². The minimum atomic E-state index is 0.551. The molecule has 6 heteroatoms. The summed E-state index contributed by atoms with van der Waals surface area (Å²) in [6, 6.07) is 85.8. The molecule has 0 aliphatic rings. The van der Waals surface area contributed by atoms with Crippen molar-refractivity contribution in [1.82, 2.24) is 19.5 Å². The van der Waals surface area contributed by atoms with Crippen molar-refractivity contribution in [2.45, 2.75) is 0 Å². The quantitative estimate of drug-likeness (QED) is 0.155. The van der Waals surface area contributed by atoms with Crippen molar-refractivity contribution < 1.29 is 8.83 Å². The maximum absolute atomic E-state index is 6.69. The van der Waals surface area contributed by atoms with Crippen molar-refractivity contribution >= 4 is 98.0 Å². The number of rotatable bonds is 6. The number of aromatic nitrogens is 4. The molecule has 0 spiro atoms. The first kappa shape index (κ1) is 41.4. The molecule has 0 unspecified atom stereocenters. The zero-order valence-corrected chi connectivity index (χ0v) is 40.2. The van der Waals surface area contributed by atoms with Crippen LogP contribution >= 0.6 is 0 Å². The Morgan fingerprint density at radius 3 is 1.45 bits per heavy atom. The molecule has 4 aromatic heterocycles. The van der Waals surface area contributed by atoms with Gasteiger partial charge in [0.15, 0.2) is 17.5 Å². The first-order valence-corrected chi connectivity index (χ1v) is 25.3. The second-order valence-corrected chi connectivity index (χ2v) is 19.4. The third kappa shape index (κ3) is 6.30. The van der Waals surface area contributed by atoms with Crippen LogP contribution in [0.25, 0.3) is 160 Å². The number of benzene rings is 12. The van der Waals surface area contributed by atoms with Crippen molar-refractivity contribution in [3.8, 4) is 62.1 Å². The van der Waals surface area contributed by atoms with Gasteiger partial charge in [-0.05, 0) is 92.2 Å². The van der Waals surface area contributed by atoms with E-state index in [-0.39, 0.29) is 0 Å². The fourth-order valence-corrected chi connectivity index (χ4v) is 12.0. The second kappa shape index (κ2) is 16.2. The highest BCUT2D eigenvalue weighted by Gasteiger charge is 2.24. The predicted molar refractivity (Wildman–Crippen MR) is 308 cm³/mol. The molecule has 0 bridgehead atoms. The van der Waals surface area contributed by atoms with Crippen molar-refractivity contribution in [3.05, 3.63) is 243 Å². The van der Waals surface area contributed by atoms with Crippen LogP contribution in [-0.2, 0) is 0 Å². The SMILES string of the molecule is c1ccc(-c2nc(-c3cccc(-c4ccc5c6ccccc6c6ccccc6c5c4-n4c5ccccc5c5ccccc54)c3)nc(-c3cccc4oc5cccc(-c6ccc7c(c6)oc6ccccc67)c5c34)n2)cc1. The Bertz CT molecular complexity index is 4940. The van der Waals surface area contributed by atoms with Crippen LogP contribution in [0.2, 0.25) is 0 Å². The van der Waals surface area contributed by atoms with Gasteiger partial charge in [-0.3, -0.25) is 0 Å². The second-order valence-electron chi connectivity index (χ2n) is 19.4. The third-order valence-electron chi connectivity index (χ3n) is 15.2. The number of para-hydroxylation sites is 3. The van der Waals surface area contributed by atoms with Crippen molar-refractivity contribution in [2.24, 2.45) is 0 Å². The van der Waals surface area contributed by atoms with E-state index in [1.165, 1.54) is 43.1 Å². The third-order valence-corrected chi connectivity index (χ3v) is 15.2. The molecule has 12 aromatic carbocycles. The van der Waals surface area contributed by atoms with Crippen molar-refractivity contribution in [1.29, 1.82) is 0 Å². The summed E-state index contributed by atoms with van der Waals surface area (Å²) in [6.45, 7) is 0. The van der Waals surface area contributed by atoms with Gasteiger partial charge in [-0.25, -0.2) is 15.0 Å². The minimum absolute atomic E-state index is 0.551. The van der Waals surface area contributed by atoms with E-state index in [4.69, 9.17) is 23.8 Å². The normalized spacial score (nSPS) is 12.0. The van der Waals surface area contributed by atoms with Crippen LogP contribution in [0.1, 0.15) is 0 Å². The van der Waals surface area contributed by atoms with E-state index < -0.39 is 0 Å². The van der Waals surface area contributed by atoms with Gasteiger partial charge in [-0.15, -0.1) is 0 Å². The molecule has 16 aromatic rings. The van der Waals surface area contributed by atoms with Crippen LogP contribution in [0.15, 0.2) is 251 Å². The average molecular weight is 957 g/mol. The van der Waals surface area contributed by atoms with Gasteiger partial charge in [0.25, 0.3) is 0 Å². The Labute approximate surface area is 429 Å². The highest BCUT2D eigenvalue weighted by Crippen LogP contribution is 2.47. The van der Waals surface area contributed by atoms with Gasteiger partial charge in [0, 0.05) is 60.0 Å². The summed E-state index contributed by atoms with van der Waals surface area (Å²) in [7, 11) is 0. The Hall–Kier alpha value is -10.2. The average Bonchev–Trinajstić information content (AvgIpc) is 4.17. The zero-order chi connectivity index (χ0) is 49.1. The lowest BCUT2D eigenvalue weighted by molar-refractivity contribution is 0.668. The molecule has 4 heterocycles. The minimum Gasteiger partial charge on any atom is -0.456 e. The Balaban J connectivity index is 0.933. The molecule has 6 nitrogen and oxygen atoms in total. The number of nitrogens with zero attached hydrogens (tertiary/aromatic N) is 4. The molecule has 0 aliphatic carbocycles. The van der Waals surface area contributed by atoms with Gasteiger partial charge in [-0.1, -0.05) is 194 Å². The lowest BCUT2D eigenvalue weighted by Crippen LogP contribution is -2.02. The molecule has 0 radical (unpaired) electrons. The molecule has 0 saturated heterocycles. The van der Waals surface area contributed by atoms with Gasteiger partial charge in [-0.2, -0.15) is 0 Å². The summed E-state index contributed by atoms with van der Waals surface area (Å²) in [5, 5.41) is 13.8. The van der Waals surface area contributed by atoms with E-state index in [9.17, 15) is 0 Å². The van der Waals surface area contributed by atoms with E-state index in [1.807, 2.05) is 48.5 Å². The summed E-state index contributed by atoms with van der Waals surface area (Å²) in [5.74, 6) is 1.70. The molecule has 0 aliphatic heterocycles. The molecule has 75 heavy (non-hydrogen) atoms. The summed E-state index contributed by atoms with van der Waals surface area (Å²) >= 11 is 0. The maximum Gasteiger partial charge on any atom is 0.164 e. The van der Waals surface area contributed by atoms with Crippen LogP contribution in [0.4, 0.5) is 0 Å². The standard InChI is InChI=1S/C69H40N4O2/c1-2-17-41(18-3-1)67-70-68(72-69(71-67)56-29-16-34-61-65(56)64-45(28-15-33-60(64)75-61)43-35-36-53-52-26-10-13-32-59(52)74-62(53)40-43)44-20-14-19-42(39-44)46-37-38-55-49-23-5-4-21-47(49)48-22-6-7-27-54(48)63(55)66(46)73-57-30-11-8-24-50(57)51-25-9-12-31-58(51)73/h1-40H. The fourth-order valence-electron chi connectivity index (χ4n) is 12.0. The summed E-state index contributed by atoms with van der Waals surface area (Å²) in [4.78, 5) is 16.0. The van der Waals surface area contributed by atoms with E-state index >= 15 is 0 Å². The fraction of sp³-hybridized carbons (Fsp3) is 0. The highest BCUT2D eigenvalue weighted by atomic mass is 16.3. The van der Waals surface area contributed by atoms with Crippen LogP contribution in [0, 0.1) is 0 Å². The van der Waals surface area contributed by atoms with Gasteiger partial charge < -0.3 is 13.4 Å². The molecule has 16 rings (SSSR count). The van der Waals surface area contributed by atoms with Gasteiger partial charge in [0.05, 0.1) is 16.7 Å². The summed E-state index contributed by atoms with van der Waals surface area (Å²) in [5.41, 5.74) is 13.5. The summed E-state index contributed by atoms with van der Waals surface area (Å²) in [6.07, 6.45) is 0. The lowest BCUT2D eigenvalue weighted by Gasteiger charge is -2.20. The Kier molecular flexibility index (Phi) is 8.94. The lowest BCUT2D eigenvalue weighted by atomic mass is 9.89. The van der Waals surface area contributed by atoms with Gasteiger partial charge in [0.1, 0.15) is 22.3 Å². The first-order valence-electron chi connectivity index (χ1n) is 25.3. The maximum atomic E-state index is 6.69. The largest absolute Gasteiger partial charge is 0.456 e. The van der Waals surface area contributed by atoms with Gasteiger partial charge >= 0.3 is 0 Å². The highest BCUT2D eigenvalue weighted by molar-refractivity contribution is 6.29. The van der Waals surface area contributed by atoms with Crippen LogP contribution in [0.3, 0.4) is 0 Å². The zero-order valence-electron chi connectivity index (χ0n) is 40.2. The van der Waals surface area contributed by atoms with E-state index in [0.717, 1.165) is 99.5 Å². The number of hydrogen-bond acceptors (Lipinski definition) is 5. The number of furan rings is 2. The monoisotopic (exact) mass is 956 g/mol. The van der Waals surface area contributed by atoms with Crippen LogP contribution in [0.5, 0.6) is 0 Å². The number of hydrogen-bond donors (Lipinski definition) is 0. The Morgan fingerprint density at radius 1 is 0.253 bits per heavy atom. The van der Waals surface area contributed by atoms with Crippen molar-refractivity contribution in [2.75, 3.05) is 0 Å². The van der Waals surface area contributed by atoms with Crippen molar-refractivity contribution in [3.63, 3.8) is 0 Å². The first-order chi connectivity index (χ1) is 37.2. The smallest absolute Gasteiger partial charge is 0.164 e.